The van der Waals surface area contributed by atoms with Crippen molar-refractivity contribution < 1.29 is 28.9 Å². The van der Waals surface area contributed by atoms with Gasteiger partial charge >= 0.3 is 11.9 Å². The largest absolute Gasteiger partial charge is 0.458 e. The molecule has 104 valence electrons. The summed E-state index contributed by atoms with van der Waals surface area (Å²) in [4.78, 5) is 22.2. The van der Waals surface area contributed by atoms with Crippen molar-refractivity contribution in [3.8, 4) is 0 Å². The Kier molecular flexibility index (Phi) is 5.10. The number of hydrogen-bond donors (Lipinski definition) is 1. The molecule has 0 bridgehead atoms. The fraction of sp³-hybridized carbons (Fsp3) is 0.833. The van der Waals surface area contributed by atoms with Gasteiger partial charge < -0.3 is 19.3 Å². The van der Waals surface area contributed by atoms with Gasteiger partial charge in [0.15, 0.2) is 6.10 Å². The fourth-order valence-electron chi connectivity index (χ4n) is 2.10. The molecule has 0 aromatic heterocycles. The van der Waals surface area contributed by atoms with Crippen LogP contribution in [0.5, 0.6) is 0 Å². The summed E-state index contributed by atoms with van der Waals surface area (Å²) < 4.78 is 15.9. The minimum atomic E-state index is -0.775. The van der Waals surface area contributed by atoms with E-state index >= 15 is 0 Å². The van der Waals surface area contributed by atoms with E-state index in [1.165, 1.54) is 13.8 Å². The van der Waals surface area contributed by atoms with Crippen LogP contribution in [0.2, 0.25) is 0 Å². The summed E-state index contributed by atoms with van der Waals surface area (Å²) in [7, 11) is 0. The van der Waals surface area contributed by atoms with Crippen molar-refractivity contribution in [2.24, 2.45) is 5.92 Å². The predicted octanol–water partition coefficient (Wildman–Crippen LogP) is 0.265. The molecule has 0 aromatic carbocycles. The van der Waals surface area contributed by atoms with Crippen molar-refractivity contribution in [2.45, 2.75) is 52.1 Å². The Bertz CT molecular complexity index is 300. The van der Waals surface area contributed by atoms with Crippen LogP contribution in [0, 0.1) is 5.92 Å². The summed E-state index contributed by atoms with van der Waals surface area (Å²) in [6, 6.07) is 0. The van der Waals surface area contributed by atoms with Crippen LogP contribution in [0.25, 0.3) is 0 Å². The van der Waals surface area contributed by atoms with E-state index in [-0.39, 0.29) is 18.6 Å². The van der Waals surface area contributed by atoms with Crippen molar-refractivity contribution in [1.82, 2.24) is 0 Å². The molecule has 1 aliphatic rings. The van der Waals surface area contributed by atoms with E-state index in [4.69, 9.17) is 14.2 Å². The van der Waals surface area contributed by atoms with Gasteiger partial charge in [0.2, 0.25) is 0 Å². The highest BCUT2D eigenvalue weighted by Crippen LogP contribution is 2.30. The Balaban J connectivity index is 2.92. The minimum Gasteiger partial charge on any atom is -0.458 e. The zero-order chi connectivity index (χ0) is 13.9. The molecular weight excluding hydrogens is 240 g/mol. The molecule has 1 saturated heterocycles. The molecule has 1 heterocycles. The molecule has 0 saturated carbocycles. The zero-order valence-electron chi connectivity index (χ0n) is 11.1. The van der Waals surface area contributed by atoms with Crippen LogP contribution < -0.4 is 0 Å². The zero-order valence-corrected chi connectivity index (χ0v) is 11.1. The second kappa shape index (κ2) is 6.15. The first-order valence-electron chi connectivity index (χ1n) is 5.97. The lowest BCUT2D eigenvalue weighted by Crippen LogP contribution is -2.56. The highest BCUT2D eigenvalue weighted by Gasteiger charge is 2.45. The summed E-state index contributed by atoms with van der Waals surface area (Å²) in [5, 5.41) is 9.27. The molecule has 0 radical (unpaired) electrons. The molecule has 5 unspecified atom stereocenters. The van der Waals surface area contributed by atoms with Gasteiger partial charge in [-0.2, -0.15) is 0 Å². The van der Waals surface area contributed by atoms with Crippen LogP contribution in [0.3, 0.4) is 0 Å². The second-order valence-corrected chi connectivity index (χ2v) is 4.57. The van der Waals surface area contributed by atoms with Gasteiger partial charge in [-0.05, 0) is 6.92 Å². The average Bonchev–Trinajstić information content (AvgIpc) is 2.27. The third kappa shape index (κ3) is 3.43. The van der Waals surface area contributed by atoms with E-state index in [0.29, 0.717) is 0 Å². The molecule has 1 N–H and O–H groups in total. The number of carbonyl (C=O) groups is 2. The molecule has 18 heavy (non-hydrogen) atoms. The summed E-state index contributed by atoms with van der Waals surface area (Å²) in [6.45, 7) is 5.94. The smallest absolute Gasteiger partial charge is 0.303 e. The number of ether oxygens (including phenoxy) is 3. The lowest BCUT2D eigenvalue weighted by molar-refractivity contribution is -0.225. The Labute approximate surface area is 106 Å². The van der Waals surface area contributed by atoms with Gasteiger partial charge in [0.25, 0.3) is 0 Å². The van der Waals surface area contributed by atoms with E-state index < -0.39 is 30.3 Å². The Hall–Kier alpha value is -1.14. The molecule has 1 fully saturated rings. The highest BCUT2D eigenvalue weighted by molar-refractivity contribution is 5.67. The van der Waals surface area contributed by atoms with Gasteiger partial charge in [0, 0.05) is 19.8 Å². The van der Waals surface area contributed by atoms with Gasteiger partial charge in [-0.1, -0.05) is 6.92 Å². The fourth-order valence-corrected chi connectivity index (χ4v) is 2.10. The van der Waals surface area contributed by atoms with Crippen LogP contribution in [0.1, 0.15) is 27.7 Å². The van der Waals surface area contributed by atoms with Crippen molar-refractivity contribution in [3.63, 3.8) is 0 Å². The van der Waals surface area contributed by atoms with Crippen molar-refractivity contribution in [2.75, 3.05) is 6.61 Å². The van der Waals surface area contributed by atoms with Crippen LogP contribution in [-0.2, 0) is 23.8 Å². The highest BCUT2D eigenvalue weighted by atomic mass is 16.6. The van der Waals surface area contributed by atoms with E-state index in [1.54, 1.807) is 0 Å². The Morgan fingerprint density at radius 2 is 1.61 bits per heavy atom. The second-order valence-electron chi connectivity index (χ2n) is 4.57. The van der Waals surface area contributed by atoms with Gasteiger partial charge in [0.05, 0.1) is 12.7 Å². The molecular formula is C12H20O6. The minimum absolute atomic E-state index is 0.124. The Morgan fingerprint density at radius 3 is 2.06 bits per heavy atom. The van der Waals surface area contributed by atoms with Gasteiger partial charge in [-0.15, -0.1) is 0 Å². The molecule has 0 amide bonds. The standard InChI is InChI=1S/C12H20O6/c1-6-7(2)16-10(5-13)12(18-9(4)15)11(6)17-8(3)14/h6-7,10-13H,5H2,1-4H3. The van der Waals surface area contributed by atoms with Crippen LogP contribution >= 0.6 is 0 Å². The number of aliphatic hydroxyl groups is 1. The normalized spacial score (nSPS) is 35.9. The van der Waals surface area contributed by atoms with Crippen LogP contribution in [0.15, 0.2) is 0 Å². The molecule has 0 aromatic rings. The Morgan fingerprint density at radius 1 is 1.11 bits per heavy atom. The van der Waals surface area contributed by atoms with E-state index in [9.17, 15) is 14.7 Å². The van der Waals surface area contributed by atoms with E-state index in [1.807, 2.05) is 13.8 Å². The lowest BCUT2D eigenvalue weighted by Gasteiger charge is -2.42. The maximum absolute atomic E-state index is 11.1. The van der Waals surface area contributed by atoms with Gasteiger partial charge in [0.1, 0.15) is 12.2 Å². The first-order valence-corrected chi connectivity index (χ1v) is 5.97. The lowest BCUT2D eigenvalue weighted by atomic mass is 9.88. The SMILES string of the molecule is CC(=O)OC1C(CO)OC(C)C(C)C1OC(C)=O. The first kappa shape index (κ1) is 14.9. The van der Waals surface area contributed by atoms with Crippen molar-refractivity contribution in [1.29, 1.82) is 0 Å². The van der Waals surface area contributed by atoms with Crippen molar-refractivity contribution in [3.05, 3.63) is 0 Å². The van der Waals surface area contributed by atoms with Crippen molar-refractivity contribution >= 4 is 11.9 Å². The van der Waals surface area contributed by atoms with Crippen LogP contribution in [0.4, 0.5) is 0 Å². The number of carbonyl (C=O) groups excluding carboxylic acids is 2. The van der Waals surface area contributed by atoms with E-state index in [0.717, 1.165) is 0 Å². The monoisotopic (exact) mass is 260 g/mol. The molecule has 0 aliphatic carbocycles. The maximum Gasteiger partial charge on any atom is 0.303 e. The first-order chi connectivity index (χ1) is 8.36. The maximum atomic E-state index is 11.1. The third-order valence-corrected chi connectivity index (χ3v) is 3.12. The molecule has 6 nitrogen and oxygen atoms in total. The van der Waals surface area contributed by atoms with E-state index in [2.05, 4.69) is 0 Å². The molecule has 1 aliphatic heterocycles. The molecule has 6 heteroatoms. The number of esters is 2. The number of rotatable bonds is 3. The summed E-state index contributed by atoms with van der Waals surface area (Å²) >= 11 is 0. The predicted molar refractivity (Wildman–Crippen MR) is 61.7 cm³/mol. The molecule has 5 atom stereocenters. The average molecular weight is 260 g/mol. The third-order valence-electron chi connectivity index (χ3n) is 3.12. The summed E-state index contributed by atoms with van der Waals surface area (Å²) in [5.41, 5.74) is 0. The van der Waals surface area contributed by atoms with Gasteiger partial charge in [-0.25, -0.2) is 0 Å². The van der Waals surface area contributed by atoms with Crippen LogP contribution in [-0.4, -0.2) is 48.1 Å². The van der Waals surface area contributed by atoms with Gasteiger partial charge in [-0.3, -0.25) is 9.59 Å². The number of hydrogen-bond acceptors (Lipinski definition) is 6. The summed E-state index contributed by atoms with van der Waals surface area (Å²) in [5.74, 6) is -1.07. The quantitative estimate of drug-likeness (QED) is 0.733. The number of aliphatic hydroxyl groups excluding tert-OH is 1. The molecule has 1 rings (SSSR count). The summed E-state index contributed by atoms with van der Waals surface area (Å²) in [6.07, 6.45) is -2.25. The topological polar surface area (TPSA) is 82.1 Å². The molecule has 0 spiro atoms.